The van der Waals surface area contributed by atoms with Crippen LogP contribution in [0.1, 0.15) is 43.0 Å². The molecule has 0 aromatic heterocycles. The first-order valence-electron chi connectivity index (χ1n) is 10.1. The summed E-state index contributed by atoms with van der Waals surface area (Å²) in [4.78, 5) is 1.31. The zero-order chi connectivity index (χ0) is 20.7. The molecule has 0 unspecified atom stereocenters. The molecule has 0 heterocycles. The van der Waals surface area contributed by atoms with Crippen LogP contribution >= 0.6 is 11.8 Å². The number of aliphatic hydroxyl groups is 1. The summed E-state index contributed by atoms with van der Waals surface area (Å²) in [5.41, 5.74) is 5.23. The highest BCUT2D eigenvalue weighted by molar-refractivity contribution is 7.99. The molecule has 0 saturated heterocycles. The minimum atomic E-state index is -0.465. The largest absolute Gasteiger partial charge is 0.490 e. The molecule has 0 spiro atoms. The Labute approximate surface area is 174 Å². The van der Waals surface area contributed by atoms with Crippen LogP contribution in [0.2, 0.25) is 0 Å². The molecule has 0 aliphatic heterocycles. The highest BCUT2D eigenvalue weighted by Gasteiger charge is 2.15. The summed E-state index contributed by atoms with van der Waals surface area (Å²) in [7, 11) is 0. The number of benzene rings is 2. The molecule has 3 nitrogen and oxygen atoms in total. The third kappa shape index (κ3) is 7.16. The van der Waals surface area contributed by atoms with Gasteiger partial charge in [-0.2, -0.15) is 0 Å². The quantitative estimate of drug-likeness (QED) is 0.492. The van der Waals surface area contributed by atoms with Gasteiger partial charge in [-0.15, -0.1) is 11.8 Å². The van der Waals surface area contributed by atoms with Crippen molar-refractivity contribution in [2.45, 2.75) is 58.0 Å². The molecule has 0 aliphatic rings. The molecule has 0 saturated carbocycles. The zero-order valence-electron chi connectivity index (χ0n) is 18.2. The van der Waals surface area contributed by atoms with Crippen LogP contribution in [0.15, 0.2) is 41.3 Å². The molecular weight excluding hydrogens is 366 g/mol. The third-order valence-corrected chi connectivity index (χ3v) is 6.01. The molecule has 0 bridgehead atoms. The highest BCUT2D eigenvalue weighted by atomic mass is 32.2. The second kappa shape index (κ2) is 10.3. The molecule has 3 N–H and O–H groups in total. The van der Waals surface area contributed by atoms with E-state index in [-0.39, 0.29) is 5.41 Å². The molecule has 0 radical (unpaired) electrons. The maximum Gasteiger partial charge on any atom is 0.137 e. The van der Waals surface area contributed by atoms with Crippen molar-refractivity contribution in [3.05, 3.63) is 58.7 Å². The Hall–Kier alpha value is -1.49. The van der Waals surface area contributed by atoms with E-state index in [2.05, 4.69) is 77.2 Å². The number of ether oxygens (including phenoxy) is 1. The monoisotopic (exact) mass is 402 g/mol. The van der Waals surface area contributed by atoms with Crippen LogP contribution in [0.3, 0.4) is 0 Å². The van der Waals surface area contributed by atoms with Crippen molar-refractivity contribution in [2.75, 3.05) is 25.4 Å². The fourth-order valence-corrected chi connectivity index (χ4v) is 3.85. The van der Waals surface area contributed by atoms with Crippen molar-refractivity contribution in [3.8, 4) is 5.75 Å². The second-order valence-electron chi connectivity index (χ2n) is 8.60. The zero-order valence-corrected chi connectivity index (χ0v) is 19.0. The topological polar surface area (TPSA) is 46.1 Å². The average Bonchev–Trinajstić information content (AvgIpc) is 2.62. The van der Waals surface area contributed by atoms with Gasteiger partial charge in [0, 0.05) is 10.6 Å². The van der Waals surface area contributed by atoms with E-state index in [1.54, 1.807) is 0 Å². The Morgan fingerprint density at radius 1 is 1.00 bits per heavy atom. The number of hydrogen-bond donors (Lipinski definition) is 2. The van der Waals surface area contributed by atoms with E-state index < -0.39 is 6.10 Å². The molecule has 0 amide bonds. The van der Waals surface area contributed by atoms with E-state index in [4.69, 9.17) is 4.74 Å². The lowest BCUT2D eigenvalue weighted by Gasteiger charge is -2.21. The fourth-order valence-electron chi connectivity index (χ4n) is 2.91. The van der Waals surface area contributed by atoms with E-state index in [0.717, 1.165) is 23.6 Å². The van der Waals surface area contributed by atoms with Gasteiger partial charge in [0.25, 0.3) is 0 Å². The number of quaternary nitrogens is 1. The van der Waals surface area contributed by atoms with Crippen LogP contribution in [-0.4, -0.2) is 36.7 Å². The van der Waals surface area contributed by atoms with Gasteiger partial charge in [0.15, 0.2) is 0 Å². The summed E-state index contributed by atoms with van der Waals surface area (Å²) < 4.78 is 5.84. The van der Waals surface area contributed by atoms with Gasteiger partial charge in [-0.05, 0) is 66.6 Å². The molecule has 28 heavy (non-hydrogen) atoms. The van der Waals surface area contributed by atoms with Crippen molar-refractivity contribution >= 4 is 11.8 Å². The van der Waals surface area contributed by atoms with E-state index in [1.165, 1.54) is 21.6 Å². The number of aryl methyl sites for hydroxylation is 3. The van der Waals surface area contributed by atoms with Gasteiger partial charge in [-0.25, -0.2) is 0 Å². The van der Waals surface area contributed by atoms with E-state index in [9.17, 15) is 5.11 Å². The maximum absolute atomic E-state index is 10.2. The van der Waals surface area contributed by atoms with Gasteiger partial charge in [-0.1, -0.05) is 39.0 Å². The molecule has 0 aliphatic carbocycles. The van der Waals surface area contributed by atoms with E-state index >= 15 is 0 Å². The van der Waals surface area contributed by atoms with E-state index in [0.29, 0.717) is 13.2 Å². The number of hydrogen-bond acceptors (Lipinski definition) is 3. The van der Waals surface area contributed by atoms with Gasteiger partial charge in [0.2, 0.25) is 0 Å². The van der Waals surface area contributed by atoms with Gasteiger partial charge >= 0.3 is 0 Å². The first kappa shape index (κ1) is 22.8. The lowest BCUT2D eigenvalue weighted by atomic mass is 9.86. The second-order valence-corrected chi connectivity index (χ2v) is 9.77. The minimum absolute atomic E-state index is 0.132. The normalized spacial score (nSPS) is 12.8. The molecule has 2 rings (SSSR count). The first-order chi connectivity index (χ1) is 13.2. The summed E-state index contributed by atoms with van der Waals surface area (Å²) in [6.45, 7) is 15.0. The van der Waals surface area contributed by atoms with Crippen LogP contribution in [0, 0.1) is 20.8 Å². The summed E-state index contributed by atoms with van der Waals surface area (Å²) in [6.07, 6.45) is -0.465. The van der Waals surface area contributed by atoms with Crippen LogP contribution < -0.4 is 10.1 Å². The standard InChI is InChI=1S/C24H35NO2S/c1-17-7-9-22(14-18(17)2)28-12-11-25-15-21(26)16-27-23-10-8-20(13-19(23)3)24(4,5)6/h7-10,13-14,21,25-26H,11-12,15-16H2,1-6H3/p+1/t21-/m0/s1. The lowest BCUT2D eigenvalue weighted by Crippen LogP contribution is -2.87. The van der Waals surface area contributed by atoms with Crippen molar-refractivity contribution in [1.82, 2.24) is 0 Å². The predicted octanol–water partition coefficient (Wildman–Crippen LogP) is 4.00. The van der Waals surface area contributed by atoms with Crippen LogP contribution in [0.4, 0.5) is 0 Å². The Balaban J connectivity index is 1.67. The van der Waals surface area contributed by atoms with Gasteiger partial charge in [0.05, 0.1) is 6.54 Å². The fraction of sp³-hybridized carbons (Fsp3) is 0.500. The highest BCUT2D eigenvalue weighted by Crippen LogP contribution is 2.27. The molecule has 1 atom stereocenters. The maximum atomic E-state index is 10.2. The molecule has 4 heteroatoms. The van der Waals surface area contributed by atoms with Crippen molar-refractivity contribution in [3.63, 3.8) is 0 Å². The summed E-state index contributed by atoms with van der Waals surface area (Å²) in [5, 5.41) is 12.4. The number of aliphatic hydroxyl groups excluding tert-OH is 1. The van der Waals surface area contributed by atoms with Crippen molar-refractivity contribution in [2.24, 2.45) is 0 Å². The van der Waals surface area contributed by atoms with Crippen LogP contribution in [-0.2, 0) is 5.41 Å². The van der Waals surface area contributed by atoms with Crippen LogP contribution in [0.25, 0.3) is 0 Å². The molecule has 0 fully saturated rings. The van der Waals surface area contributed by atoms with Crippen molar-refractivity contribution < 1.29 is 15.2 Å². The van der Waals surface area contributed by atoms with Crippen LogP contribution in [0.5, 0.6) is 5.75 Å². The van der Waals surface area contributed by atoms with Gasteiger partial charge in [-0.3, -0.25) is 0 Å². The first-order valence-corrected chi connectivity index (χ1v) is 11.1. The Bertz CT molecular complexity index is 768. The lowest BCUT2D eigenvalue weighted by molar-refractivity contribution is -0.657. The Morgan fingerprint density at radius 2 is 1.75 bits per heavy atom. The average molecular weight is 403 g/mol. The molecule has 2 aromatic rings. The predicted molar refractivity (Wildman–Crippen MR) is 120 cm³/mol. The summed E-state index contributed by atoms with van der Waals surface area (Å²) in [5.74, 6) is 1.89. The minimum Gasteiger partial charge on any atom is -0.490 e. The number of thioether (sulfide) groups is 1. The molecule has 154 valence electrons. The summed E-state index contributed by atoms with van der Waals surface area (Å²) >= 11 is 1.87. The van der Waals surface area contributed by atoms with E-state index in [1.807, 2.05) is 17.8 Å². The van der Waals surface area contributed by atoms with Gasteiger partial charge in [0.1, 0.15) is 25.0 Å². The SMILES string of the molecule is Cc1ccc(SCC[NH2+]C[C@H](O)COc2ccc(C(C)(C)C)cc2C)cc1C. The van der Waals surface area contributed by atoms with Gasteiger partial charge < -0.3 is 15.2 Å². The summed E-state index contributed by atoms with van der Waals surface area (Å²) in [6, 6.07) is 12.9. The smallest absolute Gasteiger partial charge is 0.137 e. The molecular formula is C24H36NO2S+. The third-order valence-electron chi connectivity index (χ3n) is 4.98. The number of nitrogens with two attached hydrogens (primary N) is 1. The Morgan fingerprint density at radius 3 is 2.39 bits per heavy atom. The Kier molecular flexibility index (Phi) is 8.41. The van der Waals surface area contributed by atoms with Crippen molar-refractivity contribution in [1.29, 1.82) is 0 Å². The molecule has 2 aromatic carbocycles. The number of rotatable bonds is 9.